The lowest BCUT2D eigenvalue weighted by Crippen LogP contribution is -2.28. The third kappa shape index (κ3) is 5.76. The number of rotatable bonds is 8. The van der Waals surface area contributed by atoms with Gasteiger partial charge in [0.2, 0.25) is 0 Å². The Bertz CT molecular complexity index is 926. The summed E-state index contributed by atoms with van der Waals surface area (Å²) in [6.45, 7) is -0.374. The molecule has 10 nitrogen and oxygen atoms in total. The molecule has 29 heavy (non-hydrogen) atoms. The zero-order valence-corrected chi connectivity index (χ0v) is 15.8. The van der Waals surface area contributed by atoms with Crippen LogP contribution in [0.25, 0.3) is 0 Å². The average molecular weight is 401 g/mol. The Kier molecular flexibility index (Phi) is 7.24. The van der Waals surface area contributed by atoms with Crippen LogP contribution >= 0.6 is 0 Å². The maximum atomic E-state index is 12.0. The smallest absolute Gasteiger partial charge is 0.338 e. The molecule has 152 valence electrons. The van der Waals surface area contributed by atoms with Crippen molar-refractivity contribution in [1.29, 1.82) is 0 Å². The van der Waals surface area contributed by atoms with Crippen LogP contribution in [0.2, 0.25) is 0 Å². The van der Waals surface area contributed by atoms with Crippen molar-refractivity contribution >= 4 is 29.2 Å². The van der Waals surface area contributed by atoms with E-state index in [4.69, 9.17) is 4.74 Å². The highest BCUT2D eigenvalue weighted by molar-refractivity contribution is 5.93. The Hall–Kier alpha value is -3.95. The molecule has 0 aliphatic heterocycles. The first-order chi connectivity index (χ1) is 13.8. The first-order valence-corrected chi connectivity index (χ1v) is 8.43. The maximum absolute atomic E-state index is 12.0. The van der Waals surface area contributed by atoms with Gasteiger partial charge in [-0.15, -0.1) is 0 Å². The minimum Gasteiger partial charge on any atom is -0.465 e. The van der Waals surface area contributed by atoms with E-state index < -0.39 is 29.4 Å². The summed E-state index contributed by atoms with van der Waals surface area (Å²) >= 11 is 0. The molecule has 1 amide bonds. The number of anilines is 1. The number of ether oxygens (including phenoxy) is 2. The number of hydrogen-bond donors (Lipinski definition) is 2. The van der Waals surface area contributed by atoms with Crippen molar-refractivity contribution in [1.82, 2.24) is 5.32 Å². The molecule has 0 saturated heterocycles. The number of hydrogen-bond acceptors (Lipinski definition) is 8. The standard InChI is InChI=1S/C19H19N3O7/c1-20-15-8-7-14(9-16(15)22(26)27)19(25)29-11-17(23)21-10-12-3-5-13(6-4-12)18(24)28-2/h3-9,20H,10-11H2,1-2H3,(H,21,23). The summed E-state index contributed by atoms with van der Waals surface area (Å²) in [4.78, 5) is 45.7. The summed E-state index contributed by atoms with van der Waals surface area (Å²) in [6.07, 6.45) is 0. The lowest BCUT2D eigenvalue weighted by molar-refractivity contribution is -0.384. The van der Waals surface area contributed by atoms with Gasteiger partial charge in [0.25, 0.3) is 11.6 Å². The molecule has 0 unspecified atom stereocenters. The summed E-state index contributed by atoms with van der Waals surface area (Å²) in [5.41, 5.74) is 1.05. The average Bonchev–Trinajstić information content (AvgIpc) is 2.75. The highest BCUT2D eigenvalue weighted by Crippen LogP contribution is 2.25. The molecule has 0 heterocycles. The molecule has 0 aliphatic carbocycles. The van der Waals surface area contributed by atoms with Crippen LogP contribution in [0.5, 0.6) is 0 Å². The van der Waals surface area contributed by atoms with Crippen LogP contribution in [0.3, 0.4) is 0 Å². The van der Waals surface area contributed by atoms with Crippen molar-refractivity contribution in [2.75, 3.05) is 26.1 Å². The van der Waals surface area contributed by atoms with Crippen molar-refractivity contribution in [2.24, 2.45) is 0 Å². The number of nitro benzene ring substituents is 1. The quantitative estimate of drug-likeness (QED) is 0.389. The number of methoxy groups -OCH3 is 1. The lowest BCUT2D eigenvalue weighted by Gasteiger charge is -2.08. The Morgan fingerprint density at radius 1 is 1.03 bits per heavy atom. The number of benzene rings is 2. The van der Waals surface area contributed by atoms with Crippen molar-refractivity contribution in [3.63, 3.8) is 0 Å². The molecule has 0 aliphatic rings. The fraction of sp³-hybridized carbons (Fsp3) is 0.211. The van der Waals surface area contributed by atoms with E-state index in [1.807, 2.05) is 0 Å². The minimum atomic E-state index is -0.853. The molecule has 0 radical (unpaired) electrons. The van der Waals surface area contributed by atoms with E-state index in [1.54, 1.807) is 24.3 Å². The fourth-order valence-corrected chi connectivity index (χ4v) is 2.36. The van der Waals surface area contributed by atoms with Gasteiger partial charge in [0.15, 0.2) is 6.61 Å². The second-order valence-corrected chi connectivity index (χ2v) is 5.78. The highest BCUT2D eigenvalue weighted by Gasteiger charge is 2.18. The molecule has 2 rings (SSSR count). The largest absolute Gasteiger partial charge is 0.465 e. The summed E-state index contributed by atoms with van der Waals surface area (Å²) in [5.74, 6) is -1.86. The van der Waals surface area contributed by atoms with Gasteiger partial charge in [-0.3, -0.25) is 14.9 Å². The van der Waals surface area contributed by atoms with Crippen LogP contribution in [0.1, 0.15) is 26.3 Å². The van der Waals surface area contributed by atoms with E-state index in [0.717, 1.165) is 11.6 Å². The van der Waals surface area contributed by atoms with E-state index in [2.05, 4.69) is 15.4 Å². The molecule has 2 N–H and O–H groups in total. The Morgan fingerprint density at radius 2 is 1.69 bits per heavy atom. The van der Waals surface area contributed by atoms with Crippen LogP contribution in [0, 0.1) is 10.1 Å². The number of nitrogens with one attached hydrogen (secondary N) is 2. The van der Waals surface area contributed by atoms with Crippen LogP contribution in [0.4, 0.5) is 11.4 Å². The molecule has 0 spiro atoms. The second kappa shape index (κ2) is 9.83. The molecular weight excluding hydrogens is 382 g/mol. The molecule has 0 fully saturated rings. The van der Waals surface area contributed by atoms with Crippen LogP contribution in [0.15, 0.2) is 42.5 Å². The SMILES string of the molecule is CNc1ccc(C(=O)OCC(=O)NCc2ccc(C(=O)OC)cc2)cc1[N+](=O)[O-]. The summed E-state index contributed by atoms with van der Waals surface area (Å²) in [5, 5.41) is 16.3. The topological polar surface area (TPSA) is 137 Å². The number of carbonyl (C=O) groups excluding carboxylic acids is 3. The first kappa shape index (κ1) is 21.4. The van der Waals surface area contributed by atoms with Gasteiger partial charge in [0.1, 0.15) is 5.69 Å². The lowest BCUT2D eigenvalue weighted by atomic mass is 10.1. The van der Waals surface area contributed by atoms with E-state index in [-0.39, 0.29) is 23.5 Å². The van der Waals surface area contributed by atoms with Gasteiger partial charge in [0, 0.05) is 19.7 Å². The van der Waals surface area contributed by atoms with E-state index in [9.17, 15) is 24.5 Å². The Balaban J connectivity index is 1.87. The minimum absolute atomic E-state index is 0.0399. The summed E-state index contributed by atoms with van der Waals surface area (Å²) < 4.78 is 9.50. The third-order valence-corrected chi connectivity index (χ3v) is 3.90. The van der Waals surface area contributed by atoms with Crippen LogP contribution < -0.4 is 10.6 Å². The summed E-state index contributed by atoms with van der Waals surface area (Å²) in [6, 6.07) is 10.3. The van der Waals surface area contributed by atoms with Gasteiger partial charge in [-0.2, -0.15) is 0 Å². The van der Waals surface area contributed by atoms with Crippen molar-refractivity contribution < 1.29 is 28.8 Å². The first-order valence-electron chi connectivity index (χ1n) is 8.43. The third-order valence-electron chi connectivity index (χ3n) is 3.90. The van der Waals surface area contributed by atoms with Gasteiger partial charge in [-0.05, 0) is 29.8 Å². The predicted octanol–water partition coefficient (Wildman–Crippen LogP) is 1.90. The number of esters is 2. The zero-order chi connectivity index (χ0) is 21.4. The van der Waals surface area contributed by atoms with E-state index >= 15 is 0 Å². The van der Waals surface area contributed by atoms with Gasteiger partial charge in [-0.1, -0.05) is 12.1 Å². The van der Waals surface area contributed by atoms with E-state index in [0.29, 0.717) is 5.56 Å². The van der Waals surface area contributed by atoms with Gasteiger partial charge in [0.05, 0.1) is 23.2 Å². The second-order valence-electron chi connectivity index (χ2n) is 5.78. The number of amides is 1. The Labute approximate surface area is 166 Å². The Morgan fingerprint density at radius 3 is 2.28 bits per heavy atom. The molecular formula is C19H19N3O7. The van der Waals surface area contributed by atoms with Crippen molar-refractivity contribution in [3.8, 4) is 0 Å². The van der Waals surface area contributed by atoms with Gasteiger partial charge in [-0.25, -0.2) is 9.59 Å². The zero-order valence-electron chi connectivity index (χ0n) is 15.8. The predicted molar refractivity (Wildman–Crippen MR) is 103 cm³/mol. The molecule has 0 saturated carbocycles. The summed E-state index contributed by atoms with van der Waals surface area (Å²) in [7, 11) is 2.80. The maximum Gasteiger partial charge on any atom is 0.338 e. The fourth-order valence-electron chi connectivity index (χ4n) is 2.36. The molecule has 0 bridgehead atoms. The molecule has 0 atom stereocenters. The molecule has 10 heteroatoms. The highest BCUT2D eigenvalue weighted by atomic mass is 16.6. The van der Waals surface area contributed by atoms with Crippen LogP contribution in [-0.2, 0) is 20.8 Å². The van der Waals surface area contributed by atoms with Crippen molar-refractivity contribution in [2.45, 2.75) is 6.54 Å². The normalized spacial score (nSPS) is 10.0. The van der Waals surface area contributed by atoms with Gasteiger partial charge < -0.3 is 20.1 Å². The molecule has 2 aromatic carbocycles. The van der Waals surface area contributed by atoms with Crippen molar-refractivity contribution in [3.05, 3.63) is 69.3 Å². The molecule has 2 aromatic rings. The van der Waals surface area contributed by atoms with Crippen LogP contribution in [-0.4, -0.2) is 43.5 Å². The number of nitrogens with zero attached hydrogens (tertiary/aromatic N) is 1. The monoisotopic (exact) mass is 401 g/mol. The number of nitro groups is 1. The molecule has 0 aromatic heterocycles. The van der Waals surface area contributed by atoms with E-state index in [1.165, 1.54) is 26.3 Å². The van der Waals surface area contributed by atoms with Gasteiger partial charge >= 0.3 is 11.9 Å². The number of carbonyl (C=O) groups is 3.